The molecular formula is C21H28N2O. The molecule has 1 fully saturated rings. The lowest BCUT2D eigenvalue weighted by molar-refractivity contribution is 0.124. The molecular weight excluding hydrogens is 296 g/mol. The lowest BCUT2D eigenvalue weighted by atomic mass is 9.96. The number of nitrogens with one attached hydrogen (secondary N) is 1. The van der Waals surface area contributed by atoms with E-state index in [1.807, 2.05) is 48.5 Å². The highest BCUT2D eigenvalue weighted by Gasteiger charge is 2.22. The van der Waals surface area contributed by atoms with E-state index in [2.05, 4.69) is 22.3 Å². The van der Waals surface area contributed by atoms with Crippen molar-refractivity contribution in [1.82, 2.24) is 10.2 Å². The first-order chi connectivity index (χ1) is 11.8. The van der Waals surface area contributed by atoms with Crippen LogP contribution in [0.3, 0.4) is 0 Å². The van der Waals surface area contributed by atoms with Crippen molar-refractivity contribution >= 4 is 0 Å². The van der Waals surface area contributed by atoms with Gasteiger partial charge in [0.25, 0.3) is 0 Å². The third-order valence-corrected chi connectivity index (χ3v) is 4.86. The van der Waals surface area contributed by atoms with Gasteiger partial charge in [-0.15, -0.1) is 0 Å². The largest absolute Gasteiger partial charge is 0.386 e. The van der Waals surface area contributed by atoms with Crippen molar-refractivity contribution < 1.29 is 5.11 Å². The summed E-state index contributed by atoms with van der Waals surface area (Å²) in [5, 5.41) is 14.5. The standard InChI is InChI=1S/C21H28N2O/c24-21(19-12-6-2-7-13-19)20(18-10-4-1-5-11-18)22-14-17-23-15-8-3-9-16-23/h1-2,4-7,10-13,20-22,24H,3,8-9,14-17H2. The van der Waals surface area contributed by atoms with Crippen LogP contribution in [-0.4, -0.2) is 36.2 Å². The van der Waals surface area contributed by atoms with Crippen molar-refractivity contribution in [1.29, 1.82) is 0 Å². The molecule has 0 amide bonds. The third-order valence-electron chi connectivity index (χ3n) is 4.86. The first-order valence-corrected chi connectivity index (χ1v) is 9.08. The first-order valence-electron chi connectivity index (χ1n) is 9.08. The van der Waals surface area contributed by atoms with Gasteiger partial charge in [0.1, 0.15) is 0 Å². The zero-order valence-electron chi connectivity index (χ0n) is 14.3. The fourth-order valence-corrected chi connectivity index (χ4v) is 3.48. The highest BCUT2D eigenvalue weighted by molar-refractivity contribution is 5.26. The maximum absolute atomic E-state index is 10.9. The van der Waals surface area contributed by atoms with Gasteiger partial charge in [-0.05, 0) is 37.1 Å². The quantitative estimate of drug-likeness (QED) is 0.818. The van der Waals surface area contributed by atoms with Crippen LogP contribution in [-0.2, 0) is 0 Å². The summed E-state index contributed by atoms with van der Waals surface area (Å²) < 4.78 is 0. The molecule has 0 aliphatic carbocycles. The summed E-state index contributed by atoms with van der Waals surface area (Å²) in [5.41, 5.74) is 2.09. The molecule has 2 N–H and O–H groups in total. The van der Waals surface area contributed by atoms with Gasteiger partial charge >= 0.3 is 0 Å². The number of rotatable bonds is 7. The number of benzene rings is 2. The fraction of sp³-hybridized carbons (Fsp3) is 0.429. The second kappa shape index (κ2) is 8.97. The van der Waals surface area contributed by atoms with Crippen molar-refractivity contribution in [3.05, 3.63) is 71.8 Å². The number of likely N-dealkylation sites (tertiary alicyclic amines) is 1. The van der Waals surface area contributed by atoms with E-state index in [0.29, 0.717) is 0 Å². The summed E-state index contributed by atoms with van der Waals surface area (Å²) in [6.45, 7) is 4.35. The van der Waals surface area contributed by atoms with Crippen LogP contribution in [0.2, 0.25) is 0 Å². The molecule has 1 heterocycles. The lowest BCUT2D eigenvalue weighted by Crippen LogP contribution is -2.38. The predicted molar refractivity (Wildman–Crippen MR) is 98.9 cm³/mol. The van der Waals surface area contributed by atoms with Crippen LogP contribution in [0.4, 0.5) is 0 Å². The van der Waals surface area contributed by atoms with Crippen LogP contribution in [0.5, 0.6) is 0 Å². The van der Waals surface area contributed by atoms with Crippen molar-refractivity contribution in [2.24, 2.45) is 0 Å². The molecule has 3 heteroatoms. The molecule has 1 aliphatic heterocycles. The molecule has 3 nitrogen and oxygen atoms in total. The Balaban J connectivity index is 1.66. The average molecular weight is 324 g/mol. The predicted octanol–water partition coefficient (Wildman–Crippen LogP) is 3.54. The molecule has 2 aromatic rings. The summed E-state index contributed by atoms with van der Waals surface area (Å²) in [4.78, 5) is 2.52. The molecule has 0 bridgehead atoms. The molecule has 0 aromatic heterocycles. The minimum Gasteiger partial charge on any atom is -0.386 e. The topological polar surface area (TPSA) is 35.5 Å². The summed E-state index contributed by atoms with van der Waals surface area (Å²) in [6, 6.07) is 20.1. The molecule has 3 rings (SSSR count). The van der Waals surface area contributed by atoms with E-state index in [0.717, 1.165) is 24.2 Å². The van der Waals surface area contributed by atoms with E-state index in [-0.39, 0.29) is 6.04 Å². The van der Waals surface area contributed by atoms with E-state index in [1.54, 1.807) is 0 Å². The lowest BCUT2D eigenvalue weighted by Gasteiger charge is -2.29. The Morgan fingerprint density at radius 1 is 0.833 bits per heavy atom. The Morgan fingerprint density at radius 3 is 2.04 bits per heavy atom. The molecule has 0 spiro atoms. The van der Waals surface area contributed by atoms with Crippen molar-refractivity contribution in [3.63, 3.8) is 0 Å². The Bertz CT molecular complexity index is 581. The molecule has 0 saturated carbocycles. The molecule has 0 radical (unpaired) electrons. The molecule has 2 unspecified atom stereocenters. The number of aliphatic hydroxyl groups excluding tert-OH is 1. The monoisotopic (exact) mass is 324 g/mol. The first kappa shape index (κ1) is 17.2. The van der Waals surface area contributed by atoms with E-state index in [9.17, 15) is 5.11 Å². The smallest absolute Gasteiger partial charge is 0.0984 e. The Kier molecular flexibility index (Phi) is 6.41. The summed E-state index contributed by atoms with van der Waals surface area (Å²) >= 11 is 0. The molecule has 2 atom stereocenters. The number of hydrogen-bond donors (Lipinski definition) is 2. The highest BCUT2D eigenvalue weighted by atomic mass is 16.3. The van der Waals surface area contributed by atoms with Gasteiger partial charge in [0.15, 0.2) is 0 Å². The molecule has 128 valence electrons. The van der Waals surface area contributed by atoms with Crippen molar-refractivity contribution in [2.45, 2.75) is 31.4 Å². The third kappa shape index (κ3) is 4.67. The van der Waals surface area contributed by atoms with E-state index in [4.69, 9.17) is 0 Å². The van der Waals surface area contributed by atoms with Gasteiger partial charge in [-0.25, -0.2) is 0 Å². The SMILES string of the molecule is OC(c1ccccc1)C(NCCN1CCCCC1)c1ccccc1. The van der Waals surface area contributed by atoms with Crippen LogP contribution in [0, 0.1) is 0 Å². The summed E-state index contributed by atoms with van der Waals surface area (Å²) in [5.74, 6) is 0. The average Bonchev–Trinajstić information content (AvgIpc) is 2.67. The van der Waals surface area contributed by atoms with Gasteiger partial charge in [-0.3, -0.25) is 0 Å². The van der Waals surface area contributed by atoms with Gasteiger partial charge in [-0.1, -0.05) is 67.1 Å². The van der Waals surface area contributed by atoms with E-state index in [1.165, 1.54) is 32.4 Å². The van der Waals surface area contributed by atoms with Gasteiger partial charge in [0.05, 0.1) is 12.1 Å². The molecule has 24 heavy (non-hydrogen) atoms. The second-order valence-corrected chi connectivity index (χ2v) is 6.60. The zero-order chi connectivity index (χ0) is 16.6. The molecule has 2 aromatic carbocycles. The minimum atomic E-state index is -0.546. The van der Waals surface area contributed by atoms with Crippen LogP contribution in [0.1, 0.15) is 42.5 Å². The minimum absolute atomic E-state index is 0.0848. The Labute approximate surface area is 145 Å². The maximum atomic E-state index is 10.9. The van der Waals surface area contributed by atoms with E-state index >= 15 is 0 Å². The molecule has 1 aliphatic rings. The summed E-state index contributed by atoms with van der Waals surface area (Å²) in [6.07, 6.45) is 3.45. The maximum Gasteiger partial charge on any atom is 0.0984 e. The number of hydrogen-bond acceptors (Lipinski definition) is 3. The molecule has 1 saturated heterocycles. The van der Waals surface area contributed by atoms with Crippen LogP contribution < -0.4 is 5.32 Å². The van der Waals surface area contributed by atoms with Gasteiger partial charge in [0, 0.05) is 13.1 Å². The Hall–Kier alpha value is -1.68. The van der Waals surface area contributed by atoms with Crippen LogP contribution >= 0.6 is 0 Å². The second-order valence-electron chi connectivity index (χ2n) is 6.60. The van der Waals surface area contributed by atoms with Crippen LogP contribution in [0.15, 0.2) is 60.7 Å². The highest BCUT2D eigenvalue weighted by Crippen LogP contribution is 2.28. The van der Waals surface area contributed by atoms with Crippen molar-refractivity contribution in [3.8, 4) is 0 Å². The normalized spacial score (nSPS) is 18.2. The number of piperidine rings is 1. The summed E-state index contributed by atoms with van der Waals surface area (Å²) in [7, 11) is 0. The number of aliphatic hydroxyl groups is 1. The van der Waals surface area contributed by atoms with Gasteiger partial charge in [-0.2, -0.15) is 0 Å². The van der Waals surface area contributed by atoms with Gasteiger partial charge in [0.2, 0.25) is 0 Å². The van der Waals surface area contributed by atoms with Gasteiger partial charge < -0.3 is 15.3 Å². The Morgan fingerprint density at radius 2 is 1.42 bits per heavy atom. The number of nitrogens with zero attached hydrogens (tertiary/aromatic N) is 1. The zero-order valence-corrected chi connectivity index (χ0v) is 14.3. The van der Waals surface area contributed by atoms with Crippen molar-refractivity contribution in [2.75, 3.05) is 26.2 Å². The fourth-order valence-electron chi connectivity index (χ4n) is 3.48. The van der Waals surface area contributed by atoms with E-state index < -0.39 is 6.10 Å². The van der Waals surface area contributed by atoms with Crippen LogP contribution in [0.25, 0.3) is 0 Å².